The molecule has 1 aromatic rings. The van der Waals surface area contributed by atoms with Crippen LogP contribution in [0.2, 0.25) is 0 Å². The molecule has 2 N–H and O–H groups in total. The minimum absolute atomic E-state index is 0.0250. The lowest BCUT2D eigenvalue weighted by atomic mass is 10.1. The van der Waals surface area contributed by atoms with Crippen LogP contribution >= 0.6 is 15.9 Å². The highest BCUT2D eigenvalue weighted by Gasteiger charge is 2.11. The third-order valence-corrected chi connectivity index (χ3v) is 2.92. The summed E-state index contributed by atoms with van der Waals surface area (Å²) in [5, 5.41) is 12.1. The largest absolute Gasteiger partial charge is 0.395 e. The maximum Gasteiger partial charge on any atom is 0.124 e. The minimum atomic E-state index is -0.256. The molecular formula is C11H15BrFNO. The molecule has 0 spiro atoms. The van der Waals surface area contributed by atoms with E-state index in [0.29, 0.717) is 0 Å². The molecule has 1 aromatic carbocycles. The Bertz CT molecular complexity index is 332. The van der Waals surface area contributed by atoms with Crippen LogP contribution in [-0.4, -0.2) is 17.8 Å². The van der Waals surface area contributed by atoms with Gasteiger partial charge in [-0.15, -0.1) is 0 Å². The van der Waals surface area contributed by atoms with Crippen LogP contribution < -0.4 is 5.32 Å². The standard InChI is InChI=1S/C11H15BrFNO/c1-7(6-15)14-8(2)10-4-3-9(13)5-11(10)12/h3-5,7-8,14-15H,6H2,1-2H3. The van der Waals surface area contributed by atoms with Crippen LogP contribution in [0.5, 0.6) is 0 Å². The summed E-state index contributed by atoms with van der Waals surface area (Å²) in [6.07, 6.45) is 0. The van der Waals surface area contributed by atoms with Crippen LogP contribution in [-0.2, 0) is 0 Å². The van der Waals surface area contributed by atoms with E-state index in [-0.39, 0.29) is 24.5 Å². The van der Waals surface area contributed by atoms with Crippen molar-refractivity contribution >= 4 is 15.9 Å². The molecule has 4 heteroatoms. The second-order valence-corrected chi connectivity index (χ2v) is 4.49. The first-order valence-corrected chi connectivity index (χ1v) is 5.65. The van der Waals surface area contributed by atoms with Crippen LogP contribution in [0.4, 0.5) is 4.39 Å². The third-order valence-electron chi connectivity index (χ3n) is 2.24. The molecule has 0 saturated heterocycles. The Morgan fingerprint density at radius 1 is 1.47 bits per heavy atom. The Balaban J connectivity index is 2.77. The zero-order valence-corrected chi connectivity index (χ0v) is 10.4. The van der Waals surface area contributed by atoms with Crippen molar-refractivity contribution in [2.24, 2.45) is 0 Å². The van der Waals surface area contributed by atoms with Gasteiger partial charge in [0.2, 0.25) is 0 Å². The van der Waals surface area contributed by atoms with Crippen LogP contribution in [0.25, 0.3) is 0 Å². The maximum absolute atomic E-state index is 12.8. The van der Waals surface area contributed by atoms with Crippen molar-refractivity contribution in [1.82, 2.24) is 5.32 Å². The monoisotopic (exact) mass is 275 g/mol. The predicted octanol–water partition coefficient (Wildman–Crippen LogP) is 2.62. The van der Waals surface area contributed by atoms with Gasteiger partial charge in [-0.05, 0) is 31.5 Å². The lowest BCUT2D eigenvalue weighted by Gasteiger charge is -2.19. The molecule has 15 heavy (non-hydrogen) atoms. The maximum atomic E-state index is 12.8. The third kappa shape index (κ3) is 3.55. The van der Waals surface area contributed by atoms with Crippen molar-refractivity contribution in [3.05, 3.63) is 34.1 Å². The van der Waals surface area contributed by atoms with E-state index < -0.39 is 0 Å². The Labute approximate surface area is 97.6 Å². The van der Waals surface area contributed by atoms with Gasteiger partial charge < -0.3 is 10.4 Å². The molecule has 0 aliphatic heterocycles. The van der Waals surface area contributed by atoms with E-state index in [1.807, 2.05) is 13.8 Å². The number of aliphatic hydroxyl groups is 1. The fourth-order valence-corrected chi connectivity index (χ4v) is 2.12. The van der Waals surface area contributed by atoms with E-state index in [0.717, 1.165) is 10.0 Å². The minimum Gasteiger partial charge on any atom is -0.395 e. The number of halogens is 2. The topological polar surface area (TPSA) is 32.3 Å². The van der Waals surface area contributed by atoms with Gasteiger partial charge in [0.1, 0.15) is 5.82 Å². The van der Waals surface area contributed by atoms with Crippen LogP contribution in [0.3, 0.4) is 0 Å². The number of hydrogen-bond acceptors (Lipinski definition) is 2. The summed E-state index contributed by atoms with van der Waals surface area (Å²) >= 11 is 3.32. The number of benzene rings is 1. The molecule has 0 bridgehead atoms. The van der Waals surface area contributed by atoms with Crippen LogP contribution in [0.15, 0.2) is 22.7 Å². The van der Waals surface area contributed by atoms with Crippen molar-refractivity contribution in [3.8, 4) is 0 Å². The molecule has 1 rings (SSSR count). The van der Waals surface area contributed by atoms with Crippen molar-refractivity contribution in [2.75, 3.05) is 6.61 Å². The molecule has 2 atom stereocenters. The molecule has 0 aromatic heterocycles. The molecule has 84 valence electrons. The molecular weight excluding hydrogens is 261 g/mol. The number of aliphatic hydroxyl groups excluding tert-OH is 1. The van der Waals surface area contributed by atoms with E-state index in [4.69, 9.17) is 5.11 Å². The Morgan fingerprint density at radius 3 is 2.67 bits per heavy atom. The van der Waals surface area contributed by atoms with Gasteiger partial charge in [0.25, 0.3) is 0 Å². The summed E-state index contributed by atoms with van der Waals surface area (Å²) in [6.45, 7) is 3.96. The zero-order valence-electron chi connectivity index (χ0n) is 8.80. The van der Waals surface area contributed by atoms with E-state index in [9.17, 15) is 4.39 Å². The second-order valence-electron chi connectivity index (χ2n) is 3.64. The van der Waals surface area contributed by atoms with Crippen molar-refractivity contribution in [3.63, 3.8) is 0 Å². The van der Waals surface area contributed by atoms with Gasteiger partial charge in [-0.1, -0.05) is 22.0 Å². The van der Waals surface area contributed by atoms with Crippen molar-refractivity contribution in [1.29, 1.82) is 0 Å². The summed E-state index contributed by atoms with van der Waals surface area (Å²) in [6, 6.07) is 4.71. The van der Waals surface area contributed by atoms with Gasteiger partial charge in [0.05, 0.1) is 6.61 Å². The highest BCUT2D eigenvalue weighted by molar-refractivity contribution is 9.10. The first-order valence-electron chi connectivity index (χ1n) is 4.86. The van der Waals surface area contributed by atoms with Gasteiger partial charge >= 0.3 is 0 Å². The summed E-state index contributed by atoms with van der Waals surface area (Å²) in [7, 11) is 0. The first kappa shape index (κ1) is 12.6. The highest BCUT2D eigenvalue weighted by atomic mass is 79.9. The zero-order chi connectivity index (χ0) is 11.4. The van der Waals surface area contributed by atoms with Crippen LogP contribution in [0, 0.1) is 5.82 Å². The fraction of sp³-hybridized carbons (Fsp3) is 0.455. The number of nitrogens with one attached hydrogen (secondary N) is 1. The molecule has 0 saturated carbocycles. The summed E-state index contributed by atoms with van der Waals surface area (Å²) in [4.78, 5) is 0. The average molecular weight is 276 g/mol. The fourth-order valence-electron chi connectivity index (χ4n) is 1.42. The molecule has 0 amide bonds. The van der Waals surface area contributed by atoms with Crippen LogP contribution in [0.1, 0.15) is 25.5 Å². The molecule has 2 nitrogen and oxygen atoms in total. The van der Waals surface area contributed by atoms with Crippen molar-refractivity contribution in [2.45, 2.75) is 25.9 Å². The first-order chi connectivity index (χ1) is 7.04. The Kier molecular flexibility index (Phi) is 4.70. The molecule has 0 radical (unpaired) electrons. The normalized spacial score (nSPS) is 15.0. The molecule has 0 heterocycles. The van der Waals surface area contributed by atoms with Gasteiger partial charge in [-0.3, -0.25) is 0 Å². The highest BCUT2D eigenvalue weighted by Crippen LogP contribution is 2.24. The van der Waals surface area contributed by atoms with Crippen molar-refractivity contribution < 1.29 is 9.50 Å². The molecule has 0 aliphatic carbocycles. The molecule has 0 aliphatic rings. The number of hydrogen-bond donors (Lipinski definition) is 2. The Morgan fingerprint density at radius 2 is 2.13 bits per heavy atom. The SMILES string of the molecule is CC(CO)NC(C)c1ccc(F)cc1Br. The average Bonchev–Trinajstić information content (AvgIpc) is 2.17. The lowest BCUT2D eigenvalue weighted by Crippen LogP contribution is -2.31. The molecule has 0 fully saturated rings. The lowest BCUT2D eigenvalue weighted by molar-refractivity contribution is 0.243. The van der Waals surface area contributed by atoms with Gasteiger partial charge in [0, 0.05) is 16.6 Å². The van der Waals surface area contributed by atoms with Gasteiger partial charge in [0.15, 0.2) is 0 Å². The van der Waals surface area contributed by atoms with E-state index in [1.54, 1.807) is 6.07 Å². The predicted molar refractivity (Wildman–Crippen MR) is 62.2 cm³/mol. The number of rotatable bonds is 4. The second kappa shape index (κ2) is 5.58. The summed E-state index contributed by atoms with van der Waals surface area (Å²) in [5.41, 5.74) is 0.983. The van der Waals surface area contributed by atoms with E-state index in [1.165, 1.54) is 12.1 Å². The quantitative estimate of drug-likeness (QED) is 0.886. The van der Waals surface area contributed by atoms with E-state index in [2.05, 4.69) is 21.2 Å². The Hall–Kier alpha value is -0.450. The smallest absolute Gasteiger partial charge is 0.124 e. The van der Waals surface area contributed by atoms with E-state index >= 15 is 0 Å². The summed E-state index contributed by atoms with van der Waals surface area (Å²) < 4.78 is 13.6. The van der Waals surface area contributed by atoms with Gasteiger partial charge in [-0.2, -0.15) is 0 Å². The molecule has 2 unspecified atom stereocenters. The summed E-state index contributed by atoms with van der Waals surface area (Å²) in [5.74, 6) is -0.256. The van der Waals surface area contributed by atoms with Gasteiger partial charge in [-0.25, -0.2) is 4.39 Å².